The molecule has 1 heterocycles. The SMILES string of the molecule is CC1(C)c2ccccc2-c2ccc(-c3c4ccccc4c(-c4cc5oc6ccccc6c5c5ccccc45)c4ccccc34)cc21. The average molecular weight is 587 g/mol. The maximum Gasteiger partial charge on any atom is 0.136 e. The molecule has 1 nitrogen and oxygen atoms in total. The summed E-state index contributed by atoms with van der Waals surface area (Å²) in [6.45, 7) is 4.72. The Morgan fingerprint density at radius 3 is 1.65 bits per heavy atom. The van der Waals surface area contributed by atoms with E-state index in [0.29, 0.717) is 0 Å². The second-order valence-electron chi connectivity index (χ2n) is 13.2. The van der Waals surface area contributed by atoms with Crippen LogP contribution in [0.2, 0.25) is 0 Å². The van der Waals surface area contributed by atoms with Gasteiger partial charge in [-0.25, -0.2) is 0 Å². The van der Waals surface area contributed by atoms with Crippen molar-refractivity contribution in [3.05, 3.63) is 157 Å². The Morgan fingerprint density at radius 2 is 0.935 bits per heavy atom. The topological polar surface area (TPSA) is 13.1 Å². The fourth-order valence-corrected chi connectivity index (χ4v) is 8.38. The van der Waals surface area contributed by atoms with Crippen LogP contribution in [0, 0.1) is 0 Å². The van der Waals surface area contributed by atoms with E-state index in [1.165, 1.54) is 82.2 Å². The molecule has 1 aliphatic rings. The standard InChI is InChI=1S/C45H30O/c1-45(2)38-21-11-9-14-29(38)30-24-23-27(25-39(30)45)42-32-16-5-7-18-34(32)43(35-19-8-6-17-33(35)42)37-26-41-44(31-15-4-3-13-28(31)37)36-20-10-12-22-40(36)46-41/h3-26H,1-2H3. The minimum Gasteiger partial charge on any atom is -0.456 e. The van der Waals surface area contributed by atoms with Crippen LogP contribution < -0.4 is 0 Å². The molecule has 0 aliphatic heterocycles. The Balaban J connectivity index is 1.31. The van der Waals surface area contributed by atoms with Gasteiger partial charge in [0.25, 0.3) is 0 Å². The molecule has 0 atom stereocenters. The molecule has 1 aromatic heterocycles. The normalized spacial score (nSPS) is 13.6. The quantitative estimate of drug-likeness (QED) is 0.184. The van der Waals surface area contributed by atoms with Gasteiger partial charge in [0.2, 0.25) is 0 Å². The van der Waals surface area contributed by atoms with Crippen molar-refractivity contribution in [1.29, 1.82) is 0 Å². The number of para-hydroxylation sites is 1. The molecule has 8 aromatic carbocycles. The first-order valence-electron chi connectivity index (χ1n) is 16.1. The summed E-state index contributed by atoms with van der Waals surface area (Å²) in [7, 11) is 0. The molecule has 0 bridgehead atoms. The van der Waals surface area contributed by atoms with Crippen molar-refractivity contribution in [3.8, 4) is 33.4 Å². The summed E-state index contributed by atoms with van der Waals surface area (Å²) in [6.07, 6.45) is 0. The van der Waals surface area contributed by atoms with Crippen molar-refractivity contribution >= 4 is 54.3 Å². The molecule has 9 aromatic rings. The van der Waals surface area contributed by atoms with Crippen LogP contribution >= 0.6 is 0 Å². The summed E-state index contributed by atoms with van der Waals surface area (Å²) < 4.78 is 6.53. The van der Waals surface area contributed by atoms with E-state index in [4.69, 9.17) is 4.42 Å². The van der Waals surface area contributed by atoms with Gasteiger partial charge in [0, 0.05) is 16.2 Å². The molecule has 0 fully saturated rings. The van der Waals surface area contributed by atoms with E-state index in [9.17, 15) is 0 Å². The van der Waals surface area contributed by atoms with Crippen LogP contribution in [0.4, 0.5) is 0 Å². The van der Waals surface area contributed by atoms with Crippen LogP contribution in [-0.4, -0.2) is 0 Å². The summed E-state index contributed by atoms with van der Waals surface area (Å²) >= 11 is 0. The number of fused-ring (bicyclic) bond motifs is 10. The molecule has 0 spiro atoms. The lowest BCUT2D eigenvalue weighted by Crippen LogP contribution is -2.14. The lowest BCUT2D eigenvalue weighted by Gasteiger charge is -2.23. The van der Waals surface area contributed by atoms with Crippen LogP contribution in [0.15, 0.2) is 150 Å². The summed E-state index contributed by atoms with van der Waals surface area (Å²) in [5.41, 5.74) is 12.3. The number of benzene rings is 8. The van der Waals surface area contributed by atoms with Crippen LogP contribution in [0.3, 0.4) is 0 Å². The lowest BCUT2D eigenvalue weighted by molar-refractivity contribution is 0.660. The molecule has 0 amide bonds. The van der Waals surface area contributed by atoms with Crippen LogP contribution in [0.25, 0.3) is 87.6 Å². The predicted octanol–water partition coefficient (Wildman–Crippen LogP) is 12.7. The molecule has 0 saturated heterocycles. The van der Waals surface area contributed by atoms with Gasteiger partial charge in [-0.1, -0.05) is 141 Å². The molecule has 10 rings (SSSR count). The Bertz CT molecular complexity index is 2660. The summed E-state index contributed by atoms with van der Waals surface area (Å²) in [5.74, 6) is 0. The van der Waals surface area contributed by atoms with E-state index in [-0.39, 0.29) is 5.41 Å². The van der Waals surface area contributed by atoms with Gasteiger partial charge >= 0.3 is 0 Å². The van der Waals surface area contributed by atoms with Gasteiger partial charge in [-0.05, 0) is 95.0 Å². The van der Waals surface area contributed by atoms with Gasteiger partial charge < -0.3 is 4.42 Å². The predicted molar refractivity (Wildman–Crippen MR) is 195 cm³/mol. The van der Waals surface area contributed by atoms with E-state index in [1.54, 1.807) is 0 Å². The first kappa shape index (κ1) is 25.6. The molecule has 0 unspecified atom stereocenters. The zero-order valence-electron chi connectivity index (χ0n) is 25.8. The molecule has 216 valence electrons. The van der Waals surface area contributed by atoms with Gasteiger partial charge in [0.05, 0.1) is 0 Å². The lowest BCUT2D eigenvalue weighted by atomic mass is 9.80. The Labute approximate surface area is 267 Å². The summed E-state index contributed by atoms with van der Waals surface area (Å²) in [5, 5.41) is 9.82. The van der Waals surface area contributed by atoms with Crippen molar-refractivity contribution < 1.29 is 4.42 Å². The Hall–Kier alpha value is -5.66. The smallest absolute Gasteiger partial charge is 0.136 e. The van der Waals surface area contributed by atoms with Crippen molar-refractivity contribution in [3.63, 3.8) is 0 Å². The highest BCUT2D eigenvalue weighted by Gasteiger charge is 2.35. The van der Waals surface area contributed by atoms with Crippen LogP contribution in [-0.2, 0) is 5.41 Å². The van der Waals surface area contributed by atoms with Gasteiger partial charge in [0.1, 0.15) is 11.2 Å². The van der Waals surface area contributed by atoms with Crippen molar-refractivity contribution in [2.45, 2.75) is 19.3 Å². The highest BCUT2D eigenvalue weighted by atomic mass is 16.3. The second-order valence-corrected chi connectivity index (χ2v) is 13.2. The molecule has 1 aliphatic carbocycles. The number of rotatable bonds is 2. The van der Waals surface area contributed by atoms with Gasteiger partial charge in [0.15, 0.2) is 0 Å². The fraction of sp³-hybridized carbons (Fsp3) is 0.0667. The van der Waals surface area contributed by atoms with E-state index in [1.807, 2.05) is 6.07 Å². The average Bonchev–Trinajstić information content (AvgIpc) is 3.59. The van der Waals surface area contributed by atoms with Crippen molar-refractivity contribution in [2.24, 2.45) is 0 Å². The number of hydrogen-bond donors (Lipinski definition) is 0. The minimum atomic E-state index is -0.0611. The monoisotopic (exact) mass is 586 g/mol. The second kappa shape index (κ2) is 9.19. The third-order valence-electron chi connectivity index (χ3n) is 10.5. The molecule has 1 heteroatoms. The molecule has 46 heavy (non-hydrogen) atoms. The van der Waals surface area contributed by atoms with Crippen LogP contribution in [0.5, 0.6) is 0 Å². The zero-order chi connectivity index (χ0) is 30.6. The summed E-state index contributed by atoms with van der Waals surface area (Å²) in [6, 6.07) is 53.4. The number of furan rings is 1. The van der Waals surface area contributed by atoms with Crippen molar-refractivity contribution in [1.82, 2.24) is 0 Å². The van der Waals surface area contributed by atoms with Crippen molar-refractivity contribution in [2.75, 3.05) is 0 Å². The third-order valence-corrected chi connectivity index (χ3v) is 10.5. The van der Waals surface area contributed by atoms with Gasteiger partial charge in [-0.2, -0.15) is 0 Å². The van der Waals surface area contributed by atoms with E-state index >= 15 is 0 Å². The third kappa shape index (κ3) is 3.35. The zero-order valence-corrected chi connectivity index (χ0v) is 25.8. The highest BCUT2D eigenvalue weighted by molar-refractivity contribution is 6.28. The maximum absolute atomic E-state index is 6.53. The molecular formula is C45H30O. The van der Waals surface area contributed by atoms with Gasteiger partial charge in [-0.3, -0.25) is 0 Å². The largest absolute Gasteiger partial charge is 0.456 e. The van der Waals surface area contributed by atoms with E-state index in [2.05, 4.69) is 153 Å². The highest BCUT2D eigenvalue weighted by Crippen LogP contribution is 2.52. The van der Waals surface area contributed by atoms with Crippen LogP contribution in [0.1, 0.15) is 25.0 Å². The summed E-state index contributed by atoms with van der Waals surface area (Å²) in [4.78, 5) is 0. The molecule has 0 radical (unpaired) electrons. The molecule has 0 N–H and O–H groups in total. The molecular weight excluding hydrogens is 556 g/mol. The minimum absolute atomic E-state index is 0.0611. The van der Waals surface area contributed by atoms with E-state index in [0.717, 1.165) is 16.6 Å². The Morgan fingerprint density at radius 1 is 0.391 bits per heavy atom. The maximum atomic E-state index is 6.53. The van der Waals surface area contributed by atoms with E-state index < -0.39 is 0 Å². The fourth-order valence-electron chi connectivity index (χ4n) is 8.38. The molecule has 0 saturated carbocycles. The Kier molecular flexibility index (Phi) is 5.12. The first-order chi connectivity index (χ1) is 22.6. The first-order valence-corrected chi connectivity index (χ1v) is 16.1. The van der Waals surface area contributed by atoms with Gasteiger partial charge in [-0.15, -0.1) is 0 Å². The number of hydrogen-bond acceptors (Lipinski definition) is 1.